The van der Waals surface area contributed by atoms with Crippen LogP contribution in [0.3, 0.4) is 0 Å². The molecular formula is C13H15N3O2. The van der Waals surface area contributed by atoms with Gasteiger partial charge in [0.2, 0.25) is 0 Å². The van der Waals surface area contributed by atoms with Crippen molar-refractivity contribution < 1.29 is 9.90 Å². The van der Waals surface area contributed by atoms with E-state index in [9.17, 15) is 4.79 Å². The van der Waals surface area contributed by atoms with E-state index in [0.717, 1.165) is 16.5 Å². The molecule has 0 saturated carbocycles. The Morgan fingerprint density at radius 2 is 2.17 bits per heavy atom. The fourth-order valence-corrected chi connectivity index (χ4v) is 1.81. The first kappa shape index (κ1) is 12.5. The number of carboxylic acids is 1. The van der Waals surface area contributed by atoms with Gasteiger partial charge >= 0.3 is 5.97 Å². The van der Waals surface area contributed by atoms with Gasteiger partial charge < -0.3 is 10.8 Å². The van der Waals surface area contributed by atoms with E-state index in [1.165, 1.54) is 0 Å². The van der Waals surface area contributed by atoms with Crippen LogP contribution in [0.1, 0.15) is 5.56 Å². The summed E-state index contributed by atoms with van der Waals surface area (Å²) in [6.07, 6.45) is 1.73. The number of rotatable bonds is 5. The van der Waals surface area contributed by atoms with E-state index in [0.29, 0.717) is 6.54 Å². The molecule has 1 heterocycles. The maximum Gasteiger partial charge on any atom is 0.322 e. The molecule has 1 aromatic carbocycles. The number of nitrogens with zero attached hydrogens (tertiary/aromatic N) is 1. The first-order chi connectivity index (χ1) is 8.72. The highest BCUT2D eigenvalue weighted by Gasteiger charge is 2.14. The molecule has 5 heteroatoms. The third kappa shape index (κ3) is 2.64. The number of hydrogen-bond acceptors (Lipinski definition) is 4. The Morgan fingerprint density at radius 1 is 1.39 bits per heavy atom. The van der Waals surface area contributed by atoms with Gasteiger partial charge in [0.25, 0.3) is 0 Å². The summed E-state index contributed by atoms with van der Waals surface area (Å²) in [5, 5.41) is 12.9. The van der Waals surface area contributed by atoms with Gasteiger partial charge in [-0.05, 0) is 11.6 Å². The van der Waals surface area contributed by atoms with Crippen LogP contribution in [-0.2, 0) is 11.3 Å². The molecular weight excluding hydrogens is 230 g/mol. The predicted octanol–water partition coefficient (Wildman–Crippen LogP) is 0.736. The monoisotopic (exact) mass is 245 g/mol. The van der Waals surface area contributed by atoms with E-state index < -0.39 is 12.0 Å². The minimum Gasteiger partial charge on any atom is -0.480 e. The van der Waals surface area contributed by atoms with Crippen LogP contribution in [-0.4, -0.2) is 28.6 Å². The third-order valence-electron chi connectivity index (χ3n) is 2.79. The van der Waals surface area contributed by atoms with E-state index in [1.54, 1.807) is 6.20 Å². The summed E-state index contributed by atoms with van der Waals surface area (Å²) in [5.41, 5.74) is 7.24. The first-order valence-corrected chi connectivity index (χ1v) is 5.71. The number of aromatic nitrogens is 1. The molecule has 0 saturated heterocycles. The smallest absolute Gasteiger partial charge is 0.322 e. The van der Waals surface area contributed by atoms with Gasteiger partial charge in [0.15, 0.2) is 0 Å². The lowest BCUT2D eigenvalue weighted by Gasteiger charge is -2.12. The topological polar surface area (TPSA) is 88.2 Å². The predicted molar refractivity (Wildman–Crippen MR) is 69.1 cm³/mol. The van der Waals surface area contributed by atoms with Gasteiger partial charge in [-0.3, -0.25) is 15.1 Å². The van der Waals surface area contributed by atoms with Crippen molar-refractivity contribution in [3.8, 4) is 0 Å². The zero-order chi connectivity index (χ0) is 13.0. The molecule has 0 radical (unpaired) electrons. The van der Waals surface area contributed by atoms with Crippen LogP contribution in [0, 0.1) is 0 Å². The minimum absolute atomic E-state index is 0.0630. The average molecular weight is 245 g/mol. The molecule has 2 aromatic rings. The van der Waals surface area contributed by atoms with Gasteiger partial charge in [0, 0.05) is 24.7 Å². The number of para-hydroxylation sites is 1. The number of fused-ring (bicyclic) bond motifs is 1. The molecule has 1 aromatic heterocycles. The third-order valence-corrected chi connectivity index (χ3v) is 2.79. The maximum atomic E-state index is 10.9. The molecule has 1 atom stereocenters. The molecule has 2 rings (SSSR count). The summed E-state index contributed by atoms with van der Waals surface area (Å²) in [6.45, 7) is 0.496. The SMILES string of the molecule is NCC(NCc1cccc2cccnc12)C(=O)O. The van der Waals surface area contributed by atoms with Gasteiger partial charge in [-0.15, -0.1) is 0 Å². The zero-order valence-electron chi connectivity index (χ0n) is 9.84. The molecule has 5 nitrogen and oxygen atoms in total. The highest BCUT2D eigenvalue weighted by molar-refractivity contribution is 5.81. The van der Waals surface area contributed by atoms with E-state index in [4.69, 9.17) is 10.8 Å². The van der Waals surface area contributed by atoms with Crippen molar-refractivity contribution in [2.24, 2.45) is 5.73 Å². The molecule has 4 N–H and O–H groups in total. The Hall–Kier alpha value is -1.98. The molecule has 0 spiro atoms. The van der Waals surface area contributed by atoms with Gasteiger partial charge in [0.1, 0.15) is 6.04 Å². The fourth-order valence-electron chi connectivity index (χ4n) is 1.81. The summed E-state index contributed by atoms with van der Waals surface area (Å²) in [6, 6.07) is 8.95. The largest absolute Gasteiger partial charge is 0.480 e. The molecule has 0 aliphatic rings. The van der Waals surface area contributed by atoms with E-state index in [2.05, 4.69) is 10.3 Å². The van der Waals surface area contributed by atoms with Gasteiger partial charge in [-0.2, -0.15) is 0 Å². The van der Waals surface area contributed by atoms with Gasteiger partial charge in [-0.1, -0.05) is 24.3 Å². The lowest BCUT2D eigenvalue weighted by molar-refractivity contribution is -0.139. The summed E-state index contributed by atoms with van der Waals surface area (Å²) in [7, 11) is 0. The second-order valence-corrected chi connectivity index (χ2v) is 4.00. The molecule has 94 valence electrons. The van der Waals surface area contributed by atoms with Crippen molar-refractivity contribution >= 4 is 16.9 Å². The summed E-state index contributed by atoms with van der Waals surface area (Å²) < 4.78 is 0. The zero-order valence-corrected chi connectivity index (χ0v) is 9.84. The van der Waals surface area contributed by atoms with Crippen LogP contribution in [0.25, 0.3) is 10.9 Å². The first-order valence-electron chi connectivity index (χ1n) is 5.71. The van der Waals surface area contributed by atoms with Crippen molar-refractivity contribution in [3.63, 3.8) is 0 Å². The van der Waals surface area contributed by atoms with Crippen LogP contribution in [0.4, 0.5) is 0 Å². The number of hydrogen-bond donors (Lipinski definition) is 3. The average Bonchev–Trinajstić information content (AvgIpc) is 2.39. The van der Waals surface area contributed by atoms with Gasteiger partial charge in [-0.25, -0.2) is 0 Å². The Balaban J connectivity index is 2.19. The van der Waals surface area contributed by atoms with E-state index in [1.807, 2.05) is 30.3 Å². The molecule has 0 bridgehead atoms. The Bertz CT molecular complexity index is 551. The standard InChI is InChI=1S/C13H15N3O2/c14-7-11(13(17)18)16-8-10-4-1-3-9-5-2-6-15-12(9)10/h1-6,11,16H,7-8,14H2,(H,17,18). The quantitative estimate of drug-likeness (QED) is 0.723. The number of nitrogens with two attached hydrogens (primary N) is 1. The number of carbonyl (C=O) groups is 1. The molecule has 0 amide bonds. The normalized spacial score (nSPS) is 12.5. The van der Waals surface area contributed by atoms with Crippen LogP contribution in [0.5, 0.6) is 0 Å². The molecule has 1 unspecified atom stereocenters. The Labute approximate surface area is 105 Å². The lowest BCUT2D eigenvalue weighted by Crippen LogP contribution is -2.42. The van der Waals surface area contributed by atoms with Crippen molar-refractivity contribution in [2.75, 3.05) is 6.54 Å². The van der Waals surface area contributed by atoms with Crippen LogP contribution in [0.2, 0.25) is 0 Å². The summed E-state index contributed by atoms with van der Waals surface area (Å²) >= 11 is 0. The number of benzene rings is 1. The van der Waals surface area contributed by atoms with Crippen molar-refractivity contribution in [3.05, 3.63) is 42.1 Å². The molecule has 18 heavy (non-hydrogen) atoms. The van der Waals surface area contributed by atoms with Crippen molar-refractivity contribution in [1.29, 1.82) is 0 Å². The number of pyridine rings is 1. The highest BCUT2D eigenvalue weighted by Crippen LogP contribution is 2.15. The molecule has 0 fully saturated rings. The fraction of sp³-hybridized carbons (Fsp3) is 0.231. The molecule has 0 aliphatic heterocycles. The summed E-state index contributed by atoms with van der Waals surface area (Å²) in [5.74, 6) is -0.939. The van der Waals surface area contributed by atoms with Crippen molar-refractivity contribution in [1.82, 2.24) is 10.3 Å². The van der Waals surface area contributed by atoms with E-state index >= 15 is 0 Å². The van der Waals surface area contributed by atoms with E-state index in [-0.39, 0.29) is 6.54 Å². The van der Waals surface area contributed by atoms with Crippen LogP contribution < -0.4 is 11.1 Å². The number of carboxylic acid groups (broad SMARTS) is 1. The second kappa shape index (κ2) is 5.57. The minimum atomic E-state index is -0.939. The maximum absolute atomic E-state index is 10.9. The molecule has 0 aliphatic carbocycles. The van der Waals surface area contributed by atoms with Gasteiger partial charge in [0.05, 0.1) is 5.52 Å². The van der Waals surface area contributed by atoms with Crippen LogP contribution >= 0.6 is 0 Å². The summed E-state index contributed by atoms with van der Waals surface area (Å²) in [4.78, 5) is 15.2. The second-order valence-electron chi connectivity index (χ2n) is 4.00. The van der Waals surface area contributed by atoms with Crippen LogP contribution in [0.15, 0.2) is 36.5 Å². The number of aliphatic carboxylic acids is 1. The Kier molecular flexibility index (Phi) is 3.86. The Morgan fingerprint density at radius 3 is 2.89 bits per heavy atom. The highest BCUT2D eigenvalue weighted by atomic mass is 16.4. The lowest BCUT2D eigenvalue weighted by atomic mass is 10.1. The number of nitrogens with one attached hydrogen (secondary N) is 1. The van der Waals surface area contributed by atoms with Crippen molar-refractivity contribution in [2.45, 2.75) is 12.6 Å².